The van der Waals surface area contributed by atoms with Crippen molar-refractivity contribution in [1.82, 2.24) is 15.1 Å². The maximum Gasteiger partial charge on any atom is 0.0332 e. The standard InChI is InChI=1S/C17H29N3/c1-4-18-17(16-8-6-5-7-9-16)10-11-20-13-12-19(3)14-15(20)2/h5-9,15,17-18H,4,10-14H2,1-3H3. The highest BCUT2D eigenvalue weighted by atomic mass is 15.3. The summed E-state index contributed by atoms with van der Waals surface area (Å²) in [6, 6.07) is 12.0. The number of likely N-dealkylation sites (N-methyl/N-ethyl adjacent to an activating group) is 1. The summed E-state index contributed by atoms with van der Waals surface area (Å²) in [6.45, 7) is 10.3. The Bertz CT molecular complexity index is 379. The first-order chi connectivity index (χ1) is 9.70. The van der Waals surface area contributed by atoms with Gasteiger partial charge in [0.15, 0.2) is 0 Å². The molecule has 1 aromatic rings. The van der Waals surface area contributed by atoms with Crippen molar-refractivity contribution in [3.05, 3.63) is 35.9 Å². The van der Waals surface area contributed by atoms with Crippen molar-refractivity contribution in [3.8, 4) is 0 Å². The van der Waals surface area contributed by atoms with Crippen molar-refractivity contribution in [2.45, 2.75) is 32.4 Å². The Morgan fingerprint density at radius 1 is 1.25 bits per heavy atom. The SMILES string of the molecule is CCNC(CCN1CCN(C)CC1C)c1ccccc1. The fourth-order valence-electron chi connectivity index (χ4n) is 3.12. The summed E-state index contributed by atoms with van der Waals surface area (Å²) >= 11 is 0. The zero-order valence-electron chi connectivity index (χ0n) is 13.2. The van der Waals surface area contributed by atoms with E-state index >= 15 is 0 Å². The lowest BCUT2D eigenvalue weighted by Crippen LogP contribution is -2.50. The molecule has 0 saturated carbocycles. The van der Waals surface area contributed by atoms with Gasteiger partial charge in [-0.2, -0.15) is 0 Å². The molecular formula is C17H29N3. The van der Waals surface area contributed by atoms with Gasteiger partial charge in [-0.25, -0.2) is 0 Å². The van der Waals surface area contributed by atoms with Gasteiger partial charge < -0.3 is 10.2 Å². The molecule has 2 atom stereocenters. The summed E-state index contributed by atoms with van der Waals surface area (Å²) < 4.78 is 0. The first-order valence-electron chi connectivity index (χ1n) is 7.91. The molecule has 0 spiro atoms. The minimum absolute atomic E-state index is 0.480. The second kappa shape index (κ2) is 7.77. The number of nitrogens with zero attached hydrogens (tertiary/aromatic N) is 2. The van der Waals surface area contributed by atoms with E-state index in [2.05, 4.69) is 66.3 Å². The normalized spacial score (nSPS) is 22.9. The lowest BCUT2D eigenvalue weighted by molar-refractivity contribution is 0.0961. The van der Waals surface area contributed by atoms with Gasteiger partial charge in [0, 0.05) is 38.3 Å². The summed E-state index contributed by atoms with van der Waals surface area (Å²) in [4.78, 5) is 5.06. The third-order valence-electron chi connectivity index (χ3n) is 4.33. The van der Waals surface area contributed by atoms with Crippen molar-refractivity contribution >= 4 is 0 Å². The molecule has 20 heavy (non-hydrogen) atoms. The van der Waals surface area contributed by atoms with Crippen LogP contribution >= 0.6 is 0 Å². The van der Waals surface area contributed by atoms with Crippen LogP contribution in [-0.2, 0) is 0 Å². The van der Waals surface area contributed by atoms with Gasteiger partial charge in [-0.15, -0.1) is 0 Å². The van der Waals surface area contributed by atoms with Gasteiger partial charge in [0.25, 0.3) is 0 Å². The molecule has 1 heterocycles. The molecule has 3 heteroatoms. The number of rotatable bonds is 6. The number of hydrogen-bond acceptors (Lipinski definition) is 3. The molecule has 2 unspecified atom stereocenters. The molecule has 1 N–H and O–H groups in total. The Hall–Kier alpha value is -0.900. The van der Waals surface area contributed by atoms with Gasteiger partial charge in [0.05, 0.1) is 0 Å². The molecule has 1 fully saturated rings. The molecule has 1 aliphatic heterocycles. The molecule has 0 aliphatic carbocycles. The third kappa shape index (κ3) is 4.30. The summed E-state index contributed by atoms with van der Waals surface area (Å²) in [5.74, 6) is 0. The van der Waals surface area contributed by atoms with Crippen LogP contribution in [-0.4, -0.2) is 55.6 Å². The lowest BCUT2D eigenvalue weighted by Gasteiger charge is -2.38. The fourth-order valence-corrected chi connectivity index (χ4v) is 3.12. The van der Waals surface area contributed by atoms with Crippen LogP contribution in [0.3, 0.4) is 0 Å². The summed E-state index contributed by atoms with van der Waals surface area (Å²) in [6.07, 6.45) is 1.19. The molecule has 0 radical (unpaired) electrons. The quantitative estimate of drug-likeness (QED) is 0.860. The van der Waals surface area contributed by atoms with Crippen LogP contribution in [0.5, 0.6) is 0 Å². The molecule has 0 bridgehead atoms. The Morgan fingerprint density at radius 2 is 2.00 bits per heavy atom. The highest BCUT2D eigenvalue weighted by molar-refractivity contribution is 5.18. The summed E-state index contributed by atoms with van der Waals surface area (Å²) in [5.41, 5.74) is 1.41. The predicted molar refractivity (Wildman–Crippen MR) is 86.0 cm³/mol. The van der Waals surface area contributed by atoms with E-state index in [4.69, 9.17) is 0 Å². The molecule has 1 aliphatic rings. The van der Waals surface area contributed by atoms with E-state index in [9.17, 15) is 0 Å². The Morgan fingerprint density at radius 3 is 2.65 bits per heavy atom. The van der Waals surface area contributed by atoms with Crippen molar-refractivity contribution in [2.24, 2.45) is 0 Å². The van der Waals surface area contributed by atoms with E-state index in [1.807, 2.05) is 0 Å². The highest BCUT2D eigenvalue weighted by Crippen LogP contribution is 2.18. The number of piperazine rings is 1. The van der Waals surface area contributed by atoms with Crippen LogP contribution < -0.4 is 5.32 Å². The van der Waals surface area contributed by atoms with E-state index in [0.29, 0.717) is 12.1 Å². The van der Waals surface area contributed by atoms with Crippen LogP contribution in [0.15, 0.2) is 30.3 Å². The van der Waals surface area contributed by atoms with E-state index in [0.717, 1.165) is 6.54 Å². The van der Waals surface area contributed by atoms with Gasteiger partial charge in [0.2, 0.25) is 0 Å². The topological polar surface area (TPSA) is 18.5 Å². The van der Waals surface area contributed by atoms with Crippen molar-refractivity contribution < 1.29 is 0 Å². The first-order valence-corrected chi connectivity index (χ1v) is 7.91. The molecule has 112 valence electrons. The maximum absolute atomic E-state index is 3.63. The maximum atomic E-state index is 3.63. The van der Waals surface area contributed by atoms with Crippen LogP contribution in [0.2, 0.25) is 0 Å². The highest BCUT2D eigenvalue weighted by Gasteiger charge is 2.22. The molecule has 1 saturated heterocycles. The Balaban J connectivity index is 1.89. The molecule has 2 rings (SSSR count). The van der Waals surface area contributed by atoms with Crippen LogP contribution in [0.25, 0.3) is 0 Å². The van der Waals surface area contributed by atoms with Gasteiger partial charge in [-0.3, -0.25) is 4.90 Å². The van der Waals surface area contributed by atoms with Gasteiger partial charge in [-0.05, 0) is 32.5 Å². The van der Waals surface area contributed by atoms with Gasteiger partial charge >= 0.3 is 0 Å². The summed E-state index contributed by atoms with van der Waals surface area (Å²) in [5, 5.41) is 3.63. The number of hydrogen-bond donors (Lipinski definition) is 1. The van der Waals surface area contributed by atoms with Crippen LogP contribution in [0.1, 0.15) is 31.9 Å². The van der Waals surface area contributed by atoms with E-state index in [-0.39, 0.29) is 0 Å². The number of nitrogens with one attached hydrogen (secondary N) is 1. The second-order valence-corrected chi connectivity index (χ2v) is 5.96. The third-order valence-corrected chi connectivity index (χ3v) is 4.33. The average molecular weight is 275 g/mol. The van der Waals surface area contributed by atoms with E-state index in [1.54, 1.807) is 0 Å². The zero-order chi connectivity index (χ0) is 14.4. The Kier molecular flexibility index (Phi) is 6.02. The minimum Gasteiger partial charge on any atom is -0.310 e. The van der Waals surface area contributed by atoms with Crippen molar-refractivity contribution in [2.75, 3.05) is 39.8 Å². The van der Waals surface area contributed by atoms with Crippen molar-refractivity contribution in [1.29, 1.82) is 0 Å². The van der Waals surface area contributed by atoms with Gasteiger partial charge in [0.1, 0.15) is 0 Å². The second-order valence-electron chi connectivity index (χ2n) is 5.96. The lowest BCUT2D eigenvalue weighted by atomic mass is 10.0. The number of benzene rings is 1. The predicted octanol–water partition coefficient (Wildman–Crippen LogP) is 2.36. The van der Waals surface area contributed by atoms with Crippen molar-refractivity contribution in [3.63, 3.8) is 0 Å². The van der Waals surface area contributed by atoms with Crippen LogP contribution in [0.4, 0.5) is 0 Å². The smallest absolute Gasteiger partial charge is 0.0332 e. The molecular weight excluding hydrogens is 246 g/mol. The van der Waals surface area contributed by atoms with E-state index < -0.39 is 0 Å². The van der Waals surface area contributed by atoms with E-state index in [1.165, 1.54) is 38.2 Å². The Labute approximate surface area is 124 Å². The molecule has 1 aromatic carbocycles. The minimum atomic E-state index is 0.480. The first kappa shape index (κ1) is 15.5. The zero-order valence-corrected chi connectivity index (χ0v) is 13.2. The van der Waals surface area contributed by atoms with Gasteiger partial charge in [-0.1, -0.05) is 37.3 Å². The molecule has 3 nitrogen and oxygen atoms in total. The fraction of sp³-hybridized carbons (Fsp3) is 0.647. The van der Waals surface area contributed by atoms with Crippen LogP contribution in [0, 0.1) is 0 Å². The summed E-state index contributed by atoms with van der Waals surface area (Å²) in [7, 11) is 2.22. The molecule has 0 amide bonds. The average Bonchev–Trinajstić information content (AvgIpc) is 2.46. The monoisotopic (exact) mass is 275 g/mol. The largest absolute Gasteiger partial charge is 0.310 e. The molecule has 0 aromatic heterocycles.